The minimum Gasteiger partial charge on any atom is -0.462 e. The van der Waals surface area contributed by atoms with Gasteiger partial charge in [0.15, 0.2) is 5.79 Å². The lowest BCUT2D eigenvalue weighted by Crippen LogP contribution is -2.76. The van der Waals surface area contributed by atoms with E-state index in [-0.39, 0.29) is 91.4 Å². The van der Waals surface area contributed by atoms with Crippen LogP contribution in [0, 0.1) is 69.5 Å². The predicted molar refractivity (Wildman–Crippen MR) is 164 cm³/mol. The summed E-state index contributed by atoms with van der Waals surface area (Å²) < 4.78 is 90.8. The Hall–Kier alpha value is -2.56. The third kappa shape index (κ3) is 3.69. The summed E-state index contributed by atoms with van der Waals surface area (Å²) in [5.41, 5.74) is -3.41. The molecule has 16 atom stereocenters. The predicted octanol–water partition coefficient (Wildman–Crippen LogP) is 2.78. The lowest BCUT2D eigenvalue weighted by atomic mass is 9.35. The number of esters is 3. The number of carbonyl (C=O) groups is 5. The number of fused-ring (bicyclic) bond motifs is 3. The minimum absolute atomic E-state index is 0.00557. The molecule has 2 spiro atoms. The van der Waals surface area contributed by atoms with Crippen LogP contribution >= 0.6 is 0 Å². The molecule has 282 valence electrons. The number of alkyl halides is 2. The largest absolute Gasteiger partial charge is 0.465 e. The van der Waals surface area contributed by atoms with Crippen LogP contribution < -0.4 is 0 Å². The number of hydrogen-bond donors (Lipinski definition) is 1. The number of ketones is 2. The molecule has 1 N–H and O–H groups in total. The Morgan fingerprint density at radius 3 is 2.23 bits per heavy atom. The maximum atomic E-state index is 14.3. The smallest absolute Gasteiger partial charge is 0.462 e. The number of halogens is 2. The fourth-order valence-corrected chi connectivity index (χ4v) is 15.2. The zero-order valence-corrected chi connectivity index (χ0v) is 29.1. The van der Waals surface area contributed by atoms with Crippen molar-refractivity contribution in [3.8, 4) is 0 Å². The first-order chi connectivity index (χ1) is 24.5. The lowest BCUT2D eigenvalue weighted by Gasteiger charge is -2.73. The number of ether oxygens (including phenoxy) is 5. The van der Waals surface area contributed by atoms with Gasteiger partial charge in [0.25, 0.3) is 0 Å². The average molecular weight is 751 g/mol. The zero-order chi connectivity index (χ0) is 36.2. The fraction of sp³-hybridized carbons (Fsp3) is 0.861. The van der Waals surface area contributed by atoms with E-state index in [1.807, 2.05) is 0 Å². The summed E-state index contributed by atoms with van der Waals surface area (Å²) in [6.07, 6.45) is 4.37. The standard InChI is InChI=1S/C36H40F2O13S/c37-36(38,52(44,45)46)30(43)51-32-9-19-4-24-34(19,14-32)25(11-32)35(24)49-22(12-47-28(41)31-6-16-3-18(7-31)26(39)20(16)10-31)23(50-35)13-48-29(42)33-5-15-1-17(8-33)27(40)21(33)2-15/h15-25H,1-14H2,(H,44,45,46)/t15?,16?,17-,18?,19?,20?,21?,22?,23?,24?,25?,31?,32?,33?,34?,35?/m0/s1. The van der Waals surface area contributed by atoms with Gasteiger partial charge in [-0.3, -0.25) is 23.7 Å². The molecule has 1 heterocycles. The molecule has 0 radical (unpaired) electrons. The topological polar surface area (TPSA) is 186 Å². The van der Waals surface area contributed by atoms with Gasteiger partial charge in [0.2, 0.25) is 0 Å². The highest BCUT2D eigenvalue weighted by molar-refractivity contribution is 7.87. The Morgan fingerprint density at radius 1 is 0.827 bits per heavy atom. The van der Waals surface area contributed by atoms with E-state index >= 15 is 0 Å². The average Bonchev–Trinajstić information content (AvgIpc) is 3.89. The Kier molecular flexibility index (Phi) is 6.08. The molecule has 13 aliphatic rings. The molecule has 1 saturated heterocycles. The second kappa shape index (κ2) is 9.62. The molecule has 52 heavy (non-hydrogen) atoms. The molecule has 0 amide bonds. The van der Waals surface area contributed by atoms with Crippen molar-refractivity contribution in [1.29, 1.82) is 0 Å². The van der Waals surface area contributed by atoms with Gasteiger partial charge in [0.1, 0.15) is 42.6 Å². The van der Waals surface area contributed by atoms with Gasteiger partial charge in [0.05, 0.1) is 10.8 Å². The van der Waals surface area contributed by atoms with Gasteiger partial charge >= 0.3 is 33.3 Å². The van der Waals surface area contributed by atoms with E-state index in [0.717, 1.165) is 12.8 Å². The molecule has 10 bridgehead atoms. The molecule has 0 aromatic carbocycles. The van der Waals surface area contributed by atoms with Crippen LogP contribution in [0.2, 0.25) is 0 Å². The molecule has 12 saturated carbocycles. The summed E-state index contributed by atoms with van der Waals surface area (Å²) in [5.74, 6) is -4.82. The van der Waals surface area contributed by atoms with Crippen molar-refractivity contribution in [3.05, 3.63) is 0 Å². The van der Waals surface area contributed by atoms with Crippen molar-refractivity contribution >= 4 is 39.6 Å². The summed E-state index contributed by atoms with van der Waals surface area (Å²) >= 11 is 0. The lowest BCUT2D eigenvalue weighted by molar-refractivity contribution is -0.412. The summed E-state index contributed by atoms with van der Waals surface area (Å²) in [7, 11) is -6.05. The van der Waals surface area contributed by atoms with Gasteiger partial charge in [0, 0.05) is 35.5 Å². The van der Waals surface area contributed by atoms with Crippen molar-refractivity contribution < 1.29 is 69.4 Å². The number of Topliss-reactive ketones (excluding diaryl/α,β-unsaturated/α-hetero) is 2. The summed E-state index contributed by atoms with van der Waals surface area (Å²) in [5, 5.41) is -5.13. The summed E-state index contributed by atoms with van der Waals surface area (Å²) in [6.45, 7) is -0.422. The number of rotatable bonds is 9. The van der Waals surface area contributed by atoms with Crippen molar-refractivity contribution in [1.82, 2.24) is 0 Å². The Bertz CT molecular complexity index is 1880. The van der Waals surface area contributed by atoms with Crippen molar-refractivity contribution in [2.75, 3.05) is 13.2 Å². The van der Waals surface area contributed by atoms with Crippen LogP contribution in [0.1, 0.15) is 77.0 Å². The molecule has 0 aromatic heterocycles. The Balaban J connectivity index is 0.837. The molecule has 13 nitrogen and oxygen atoms in total. The van der Waals surface area contributed by atoms with Crippen LogP contribution in [-0.4, -0.2) is 84.5 Å². The van der Waals surface area contributed by atoms with Crippen LogP contribution in [-0.2, 0) is 57.8 Å². The van der Waals surface area contributed by atoms with Crippen LogP contribution in [0.3, 0.4) is 0 Å². The first-order valence-corrected chi connectivity index (χ1v) is 20.3. The molecule has 1 aliphatic heterocycles. The van der Waals surface area contributed by atoms with E-state index in [1.54, 1.807) is 0 Å². The van der Waals surface area contributed by atoms with Crippen molar-refractivity contribution in [3.63, 3.8) is 0 Å². The van der Waals surface area contributed by atoms with Crippen LogP contribution in [0.4, 0.5) is 8.78 Å². The van der Waals surface area contributed by atoms with Gasteiger partial charge in [-0.05, 0) is 100 Å². The molecular formula is C36H40F2O13S. The third-order valence-corrected chi connectivity index (χ3v) is 17.4. The molecule has 16 heteroatoms. The van der Waals surface area contributed by atoms with Crippen molar-refractivity contribution in [2.45, 2.75) is 106 Å². The maximum Gasteiger partial charge on any atom is 0.465 e. The monoisotopic (exact) mass is 750 g/mol. The second-order valence-corrected chi connectivity index (χ2v) is 20.1. The van der Waals surface area contributed by atoms with Crippen molar-refractivity contribution in [2.24, 2.45) is 69.5 Å². The highest BCUT2D eigenvalue weighted by Gasteiger charge is 2.90. The van der Waals surface area contributed by atoms with Gasteiger partial charge < -0.3 is 23.7 Å². The molecule has 15 unspecified atom stereocenters. The molecule has 12 aliphatic carbocycles. The first kappa shape index (κ1) is 32.8. The SMILES string of the molecule is O=C1C2CC3CC(C(=O)OCC4OC5(OC4COC(=O)C46CC7CC4C(=O)[C@@H](C7)C6)C4CC6CC7(OC(=O)C(F)(F)S(=O)(=O)O)CC5C64C7)(C2)CC13. The Morgan fingerprint density at radius 2 is 1.54 bits per heavy atom. The maximum absolute atomic E-state index is 14.3. The normalized spacial score (nSPS) is 53.4. The van der Waals surface area contributed by atoms with E-state index in [9.17, 15) is 41.2 Å². The van der Waals surface area contributed by atoms with E-state index < -0.39 is 73.1 Å². The second-order valence-electron chi connectivity index (χ2n) is 18.7. The van der Waals surface area contributed by atoms with E-state index in [2.05, 4.69) is 0 Å². The number of hydrogen-bond acceptors (Lipinski definition) is 12. The Labute approximate surface area is 297 Å². The quantitative estimate of drug-likeness (QED) is 0.206. The van der Waals surface area contributed by atoms with Crippen LogP contribution in [0.15, 0.2) is 0 Å². The van der Waals surface area contributed by atoms with Crippen LogP contribution in [0.5, 0.6) is 0 Å². The highest BCUT2D eigenvalue weighted by Crippen LogP contribution is 2.87. The molecular weight excluding hydrogens is 710 g/mol. The van der Waals surface area contributed by atoms with Crippen LogP contribution in [0.25, 0.3) is 0 Å². The minimum atomic E-state index is -6.05. The summed E-state index contributed by atoms with van der Waals surface area (Å²) in [4.78, 5) is 65.5. The van der Waals surface area contributed by atoms with Gasteiger partial charge in [-0.15, -0.1) is 0 Å². The van der Waals surface area contributed by atoms with E-state index in [4.69, 9.17) is 28.2 Å². The number of carbonyl (C=O) groups excluding carboxylic acids is 5. The fourth-order valence-electron chi connectivity index (χ4n) is 15.0. The van der Waals surface area contributed by atoms with Gasteiger partial charge in [-0.25, -0.2) is 4.79 Å². The molecule has 0 aromatic rings. The first-order valence-electron chi connectivity index (χ1n) is 18.8. The molecule has 13 rings (SSSR count). The zero-order valence-electron chi connectivity index (χ0n) is 28.3. The van der Waals surface area contributed by atoms with Gasteiger partial charge in [-0.1, -0.05) is 0 Å². The highest BCUT2D eigenvalue weighted by atomic mass is 32.2. The third-order valence-electron chi connectivity index (χ3n) is 16.6. The van der Waals surface area contributed by atoms with Gasteiger partial charge in [-0.2, -0.15) is 17.2 Å². The van der Waals surface area contributed by atoms with E-state index in [1.165, 1.54) is 0 Å². The summed E-state index contributed by atoms with van der Waals surface area (Å²) in [6, 6.07) is 0. The molecule has 13 fully saturated rings. The van der Waals surface area contributed by atoms with E-state index in [0.29, 0.717) is 50.9 Å².